The highest BCUT2D eigenvalue weighted by molar-refractivity contribution is 5.74. The molecule has 0 aromatic carbocycles. The second-order valence-corrected chi connectivity index (χ2v) is 18.2. The average Bonchev–Trinajstić information content (AvgIpc) is 3.75. The van der Waals surface area contributed by atoms with E-state index < -0.39 is 71.8 Å². The number of methoxy groups -OCH3 is 1. The van der Waals surface area contributed by atoms with Gasteiger partial charge in [-0.2, -0.15) is 0 Å². The average molecular weight is 828 g/mol. The maximum absolute atomic E-state index is 14.2. The smallest absolute Gasteiger partial charge is 0.425 e. The summed E-state index contributed by atoms with van der Waals surface area (Å²) < 4.78 is 34.2. The van der Waals surface area contributed by atoms with Crippen molar-refractivity contribution in [2.24, 2.45) is 23.7 Å². The van der Waals surface area contributed by atoms with Crippen LogP contribution < -0.4 is 5.32 Å². The van der Waals surface area contributed by atoms with Crippen molar-refractivity contribution in [1.29, 1.82) is 0 Å². The first-order valence-electron chi connectivity index (χ1n) is 21.5. The number of carbonyl (C=O) groups excluding carboxylic acids is 2. The topological polar surface area (TPSA) is 173 Å². The van der Waals surface area contributed by atoms with E-state index in [1.807, 2.05) is 87.8 Å². The molecule has 2 aromatic rings. The van der Waals surface area contributed by atoms with Gasteiger partial charge in [0.2, 0.25) is 0 Å². The zero-order valence-electron chi connectivity index (χ0n) is 36.9. The molecule has 2 bridgehead atoms. The summed E-state index contributed by atoms with van der Waals surface area (Å²) in [6.07, 6.45) is 4.00. The number of carbonyl (C=O) groups is 2. The van der Waals surface area contributed by atoms with Gasteiger partial charge in [-0.3, -0.25) is 15.1 Å². The second kappa shape index (κ2) is 18.4. The minimum atomic E-state index is -1.22. The van der Waals surface area contributed by atoms with Crippen molar-refractivity contribution >= 4 is 12.1 Å². The number of amides is 1. The largest absolute Gasteiger partial charge is 0.458 e. The molecule has 15 atom stereocenters. The van der Waals surface area contributed by atoms with Crippen LogP contribution in [-0.2, 0) is 35.0 Å². The van der Waals surface area contributed by atoms with Crippen molar-refractivity contribution < 1.29 is 43.5 Å². The van der Waals surface area contributed by atoms with Gasteiger partial charge in [-0.25, -0.2) is 19.8 Å². The lowest BCUT2D eigenvalue weighted by Gasteiger charge is -2.49. The number of nitrogens with zero attached hydrogens (tertiary/aromatic N) is 6. The van der Waals surface area contributed by atoms with Gasteiger partial charge in [0.05, 0.1) is 54.6 Å². The van der Waals surface area contributed by atoms with E-state index in [1.165, 1.54) is 0 Å². The fourth-order valence-corrected chi connectivity index (χ4v) is 10.4. The molecule has 2 aromatic heterocycles. The predicted molar refractivity (Wildman–Crippen MR) is 219 cm³/mol. The highest BCUT2D eigenvalue weighted by Crippen LogP contribution is 2.45. The van der Waals surface area contributed by atoms with E-state index in [9.17, 15) is 19.8 Å². The molecule has 0 radical (unpaired) electrons. The molecule has 1 amide bonds. The lowest BCUT2D eigenvalue weighted by molar-refractivity contribution is -0.301. The number of fused-ring (bicyclic) bond motifs is 1. The number of aryl methyl sites for hydroxylation is 1. The van der Waals surface area contributed by atoms with Crippen LogP contribution in [0.3, 0.4) is 0 Å². The Labute approximate surface area is 349 Å². The summed E-state index contributed by atoms with van der Waals surface area (Å²) in [5.74, 6) is -2.52. The maximum Gasteiger partial charge on any atom is 0.425 e. The first-order chi connectivity index (χ1) is 27.9. The molecule has 16 nitrogen and oxygen atoms in total. The van der Waals surface area contributed by atoms with Crippen LogP contribution in [0.1, 0.15) is 81.1 Å². The third-order valence-corrected chi connectivity index (χ3v) is 13.8. The summed E-state index contributed by atoms with van der Waals surface area (Å²) in [7, 11) is 5.47. The van der Waals surface area contributed by atoms with Gasteiger partial charge in [0.1, 0.15) is 12.2 Å². The molecule has 6 heterocycles. The molecule has 4 aliphatic rings. The van der Waals surface area contributed by atoms with E-state index in [0.29, 0.717) is 45.4 Å². The highest BCUT2D eigenvalue weighted by Gasteiger charge is 2.62. The lowest BCUT2D eigenvalue weighted by Crippen LogP contribution is -2.61. The van der Waals surface area contributed by atoms with Crippen LogP contribution >= 0.6 is 0 Å². The zero-order valence-corrected chi connectivity index (χ0v) is 36.9. The Morgan fingerprint density at radius 3 is 2.47 bits per heavy atom. The third kappa shape index (κ3) is 9.06. The van der Waals surface area contributed by atoms with Crippen LogP contribution in [0.2, 0.25) is 0 Å². The van der Waals surface area contributed by atoms with Crippen molar-refractivity contribution in [2.45, 2.75) is 154 Å². The van der Waals surface area contributed by atoms with E-state index in [4.69, 9.17) is 23.7 Å². The number of hydrazine groups is 1. The molecular formula is C43H69N7O9. The van der Waals surface area contributed by atoms with Crippen molar-refractivity contribution in [1.82, 2.24) is 34.8 Å². The second-order valence-electron chi connectivity index (χ2n) is 18.2. The van der Waals surface area contributed by atoms with E-state index >= 15 is 0 Å². The summed E-state index contributed by atoms with van der Waals surface area (Å²) in [6.45, 7) is 17.1. The zero-order chi connectivity index (χ0) is 43.0. The molecule has 330 valence electrons. The van der Waals surface area contributed by atoms with Gasteiger partial charge in [-0.05, 0) is 91.4 Å². The number of likely N-dealkylation sites (N-methyl/N-ethyl adjacent to an activating group) is 1. The molecule has 0 aliphatic carbocycles. The fraction of sp³-hybridized carbons (Fsp3) is 0.767. The molecule has 16 heteroatoms. The fourth-order valence-electron chi connectivity index (χ4n) is 10.4. The number of cyclic esters (lactones) is 1. The van der Waals surface area contributed by atoms with E-state index in [-0.39, 0.29) is 30.0 Å². The van der Waals surface area contributed by atoms with Gasteiger partial charge in [0.15, 0.2) is 11.9 Å². The molecule has 4 saturated heterocycles. The van der Waals surface area contributed by atoms with Gasteiger partial charge in [0.25, 0.3) is 0 Å². The molecule has 0 spiro atoms. The molecule has 6 rings (SSSR count). The van der Waals surface area contributed by atoms with Crippen LogP contribution in [0.5, 0.6) is 0 Å². The van der Waals surface area contributed by atoms with Crippen LogP contribution in [0, 0.1) is 23.7 Å². The number of imidazole rings is 1. The number of aromatic nitrogens is 3. The first-order valence-corrected chi connectivity index (χ1v) is 21.5. The Bertz CT molecular complexity index is 1720. The van der Waals surface area contributed by atoms with Gasteiger partial charge in [-0.1, -0.05) is 27.7 Å². The standard InChI is InChI=1S/C43H69N7O9/c1-12-33-43(8)37-27(4)34(46-24-49(50(37)41(54)59-43)18-14-17-48-22-31(45-23-48)30-15-13-16-44-21-30)25(2)20-42(7,55-11)38(28(5)35(51)29(6)39(53)57-33)58-40-36(52)32(47(9)10)19-26(3)56-40/h13,15-16,21-23,25-29,32-38,40,46,51-52H,12,14,17-20,24H2,1-11H3/t25-,26-,27-,28+,29-,32+,33+,34?,35+,36-,37?,38-,40+,42+,43-/m1/s1. The quantitative estimate of drug-likeness (QED) is 0.295. The summed E-state index contributed by atoms with van der Waals surface area (Å²) in [5.41, 5.74) is -0.468. The number of hydrogen-bond donors (Lipinski definition) is 3. The molecule has 3 N–H and O–H groups in total. The van der Waals surface area contributed by atoms with Crippen molar-refractivity contribution in [2.75, 3.05) is 34.4 Å². The van der Waals surface area contributed by atoms with Crippen LogP contribution in [0.4, 0.5) is 4.79 Å². The third-order valence-electron chi connectivity index (χ3n) is 13.8. The van der Waals surface area contributed by atoms with Crippen LogP contribution in [0.15, 0.2) is 37.1 Å². The molecule has 4 fully saturated rings. The van der Waals surface area contributed by atoms with Crippen molar-refractivity contribution in [3.05, 3.63) is 37.1 Å². The highest BCUT2D eigenvalue weighted by atomic mass is 16.7. The number of aliphatic hydroxyl groups excluding tert-OH is 2. The normalized spacial score (nSPS) is 40.0. The number of nitrogens with one attached hydrogen (secondary N) is 1. The van der Waals surface area contributed by atoms with Crippen molar-refractivity contribution in [3.63, 3.8) is 0 Å². The van der Waals surface area contributed by atoms with Crippen LogP contribution in [-0.4, -0.2) is 152 Å². The number of hydrogen-bond acceptors (Lipinski definition) is 14. The van der Waals surface area contributed by atoms with E-state index in [0.717, 1.165) is 11.3 Å². The molecule has 59 heavy (non-hydrogen) atoms. The SMILES string of the molecule is CC[C@@H]1OC(=O)[C@H](C)[C@@H](O)[C@H](C)[C@@H](O[C@@H]2O[C@H](C)C[C@H](N(C)C)[C@H]2O)[C@@](C)(OC)C[C@@H](C)C2NCN(CCCn3cnc(-c4cccnc4)c3)N3C(=O)O[C@@]1(C)C3[C@@H]2C. The summed E-state index contributed by atoms with van der Waals surface area (Å²) in [4.78, 5) is 39.1. The molecule has 4 aliphatic heterocycles. The minimum absolute atomic E-state index is 0.0716. The number of pyridine rings is 1. The number of ether oxygens (including phenoxy) is 5. The van der Waals surface area contributed by atoms with Gasteiger partial charge < -0.3 is 43.4 Å². The Kier molecular flexibility index (Phi) is 14.1. The Morgan fingerprint density at radius 1 is 1.07 bits per heavy atom. The van der Waals surface area contributed by atoms with E-state index in [1.54, 1.807) is 31.4 Å². The molecule has 2 unspecified atom stereocenters. The Balaban J connectivity index is 1.33. The monoisotopic (exact) mass is 828 g/mol. The Morgan fingerprint density at radius 2 is 1.81 bits per heavy atom. The predicted octanol–water partition coefficient (Wildman–Crippen LogP) is 3.91. The first kappa shape index (κ1) is 45.3. The summed E-state index contributed by atoms with van der Waals surface area (Å²) in [5, 5.41) is 31.2. The van der Waals surface area contributed by atoms with Crippen LogP contribution in [0.25, 0.3) is 11.3 Å². The maximum atomic E-state index is 14.2. The number of aliphatic hydroxyl groups is 2. The minimum Gasteiger partial charge on any atom is -0.458 e. The summed E-state index contributed by atoms with van der Waals surface area (Å²) in [6, 6.07) is 2.96. The molecule has 0 saturated carbocycles. The van der Waals surface area contributed by atoms with Crippen molar-refractivity contribution in [3.8, 4) is 11.3 Å². The van der Waals surface area contributed by atoms with E-state index in [2.05, 4.69) is 29.1 Å². The van der Waals surface area contributed by atoms with Gasteiger partial charge in [-0.15, -0.1) is 0 Å². The number of rotatable bonds is 10. The lowest BCUT2D eigenvalue weighted by atomic mass is 9.71. The van der Waals surface area contributed by atoms with Gasteiger partial charge in [0, 0.05) is 62.4 Å². The Hall–Kier alpha value is -3.22. The number of esters is 1. The van der Waals surface area contributed by atoms with Gasteiger partial charge >= 0.3 is 12.1 Å². The summed E-state index contributed by atoms with van der Waals surface area (Å²) >= 11 is 0. The molecular weight excluding hydrogens is 759 g/mol.